The Bertz CT molecular complexity index is 354. The highest BCUT2D eigenvalue weighted by atomic mass is 32.2. The van der Waals surface area contributed by atoms with Crippen molar-refractivity contribution in [3.63, 3.8) is 0 Å². The lowest BCUT2D eigenvalue weighted by Gasteiger charge is -2.07. The lowest BCUT2D eigenvalue weighted by molar-refractivity contribution is -0.0328. The van der Waals surface area contributed by atoms with Crippen molar-refractivity contribution in [1.29, 1.82) is 0 Å². The summed E-state index contributed by atoms with van der Waals surface area (Å²) in [5.41, 5.74) is -3.25. The summed E-state index contributed by atoms with van der Waals surface area (Å²) >= 11 is -0.0901. The molecule has 0 aliphatic rings. The summed E-state index contributed by atoms with van der Waals surface area (Å²) in [5, 5.41) is 3.22. The fourth-order valence-corrected chi connectivity index (χ4v) is 2.02. The Morgan fingerprint density at radius 2 is 1.89 bits per heavy atom. The molecule has 0 fully saturated rings. The van der Waals surface area contributed by atoms with Crippen LogP contribution in [-0.4, -0.2) is 25.3 Å². The second-order valence-electron chi connectivity index (χ2n) is 3.92. The van der Waals surface area contributed by atoms with Gasteiger partial charge in [-0.1, -0.05) is 12.1 Å². The Kier molecular flexibility index (Phi) is 7.27. The van der Waals surface area contributed by atoms with Crippen LogP contribution in [0.25, 0.3) is 0 Å². The fraction of sp³-hybridized carbons (Fsp3) is 0.538. The van der Waals surface area contributed by atoms with Crippen molar-refractivity contribution in [2.75, 3.05) is 19.8 Å². The molecule has 0 saturated carbocycles. The van der Waals surface area contributed by atoms with Crippen molar-refractivity contribution in [1.82, 2.24) is 5.32 Å². The Hall–Kier alpha value is -0.720. The van der Waals surface area contributed by atoms with E-state index in [1.165, 1.54) is 12.1 Å². The van der Waals surface area contributed by atoms with Gasteiger partial charge in [-0.05, 0) is 49.3 Å². The Morgan fingerprint density at radius 3 is 2.47 bits per heavy atom. The second kappa shape index (κ2) is 8.45. The summed E-state index contributed by atoms with van der Waals surface area (Å²) in [6, 6.07) is 6.41. The van der Waals surface area contributed by atoms with E-state index >= 15 is 0 Å². The van der Waals surface area contributed by atoms with Crippen LogP contribution in [-0.2, 0) is 11.3 Å². The van der Waals surface area contributed by atoms with Gasteiger partial charge < -0.3 is 10.1 Å². The first-order valence-corrected chi connectivity index (χ1v) is 6.96. The average Bonchev–Trinajstić information content (AvgIpc) is 2.34. The summed E-state index contributed by atoms with van der Waals surface area (Å²) in [6.45, 7) is 4.89. The van der Waals surface area contributed by atoms with E-state index in [1.807, 2.05) is 6.92 Å². The van der Waals surface area contributed by atoms with Crippen LogP contribution < -0.4 is 5.32 Å². The van der Waals surface area contributed by atoms with Crippen LogP contribution >= 0.6 is 11.8 Å². The van der Waals surface area contributed by atoms with E-state index in [0.29, 0.717) is 6.54 Å². The van der Waals surface area contributed by atoms with Gasteiger partial charge in [0.25, 0.3) is 0 Å². The molecule has 0 spiro atoms. The smallest absolute Gasteiger partial charge is 0.382 e. The van der Waals surface area contributed by atoms with Gasteiger partial charge in [0, 0.05) is 24.7 Å². The first-order valence-electron chi connectivity index (χ1n) is 6.14. The highest BCUT2D eigenvalue weighted by Gasteiger charge is 2.28. The van der Waals surface area contributed by atoms with Gasteiger partial charge in [-0.2, -0.15) is 13.2 Å². The van der Waals surface area contributed by atoms with E-state index in [-0.39, 0.29) is 16.7 Å². The molecule has 2 nitrogen and oxygen atoms in total. The Labute approximate surface area is 115 Å². The topological polar surface area (TPSA) is 21.3 Å². The van der Waals surface area contributed by atoms with Gasteiger partial charge in [0.05, 0.1) is 0 Å². The predicted octanol–water partition coefficient (Wildman–Crippen LogP) is 3.81. The molecule has 0 saturated heterocycles. The molecule has 0 bridgehead atoms. The van der Waals surface area contributed by atoms with Crippen LogP contribution in [0, 0.1) is 0 Å². The first kappa shape index (κ1) is 16.3. The number of nitrogens with one attached hydrogen (secondary N) is 1. The molecule has 19 heavy (non-hydrogen) atoms. The summed E-state index contributed by atoms with van der Waals surface area (Å²) in [7, 11) is 0. The van der Waals surface area contributed by atoms with Gasteiger partial charge >= 0.3 is 5.51 Å². The zero-order valence-electron chi connectivity index (χ0n) is 10.8. The summed E-state index contributed by atoms with van der Waals surface area (Å²) < 4.78 is 41.6. The quantitative estimate of drug-likeness (QED) is 0.581. The maximum absolute atomic E-state index is 12.1. The van der Waals surface area contributed by atoms with Gasteiger partial charge in [-0.3, -0.25) is 0 Å². The van der Waals surface area contributed by atoms with Crippen LogP contribution in [0.15, 0.2) is 29.2 Å². The monoisotopic (exact) mass is 293 g/mol. The maximum atomic E-state index is 12.1. The van der Waals surface area contributed by atoms with Gasteiger partial charge in [-0.15, -0.1) is 0 Å². The fourth-order valence-electron chi connectivity index (χ4n) is 1.49. The largest absolute Gasteiger partial charge is 0.446 e. The van der Waals surface area contributed by atoms with E-state index in [4.69, 9.17) is 4.74 Å². The normalized spacial score (nSPS) is 11.8. The number of halogens is 3. The van der Waals surface area contributed by atoms with Gasteiger partial charge in [0.1, 0.15) is 0 Å². The molecule has 1 aromatic carbocycles. The number of benzene rings is 1. The van der Waals surface area contributed by atoms with Crippen LogP contribution in [0.2, 0.25) is 0 Å². The molecular formula is C13H18F3NOS. The molecule has 0 radical (unpaired) electrons. The summed E-state index contributed by atoms with van der Waals surface area (Å²) in [5.74, 6) is 0. The SMILES string of the molecule is CCOCCCNCc1ccc(SC(F)(F)F)cc1. The highest BCUT2D eigenvalue weighted by Crippen LogP contribution is 2.36. The van der Waals surface area contributed by atoms with E-state index in [9.17, 15) is 13.2 Å². The van der Waals surface area contributed by atoms with Crippen molar-refractivity contribution in [2.45, 2.75) is 30.3 Å². The van der Waals surface area contributed by atoms with Gasteiger partial charge in [0.2, 0.25) is 0 Å². The van der Waals surface area contributed by atoms with Crippen LogP contribution in [0.4, 0.5) is 13.2 Å². The van der Waals surface area contributed by atoms with Crippen molar-refractivity contribution in [3.8, 4) is 0 Å². The average molecular weight is 293 g/mol. The summed E-state index contributed by atoms with van der Waals surface area (Å²) in [4.78, 5) is 0.215. The third-order valence-corrected chi connectivity index (χ3v) is 3.07. The van der Waals surface area contributed by atoms with Crippen molar-refractivity contribution >= 4 is 11.8 Å². The minimum absolute atomic E-state index is 0.0901. The molecule has 1 N–H and O–H groups in total. The number of rotatable bonds is 8. The molecule has 0 heterocycles. The summed E-state index contributed by atoms with van der Waals surface area (Å²) in [6.07, 6.45) is 0.926. The van der Waals surface area contributed by atoms with Crippen LogP contribution in [0.1, 0.15) is 18.9 Å². The molecule has 0 atom stereocenters. The third kappa shape index (κ3) is 8.13. The Morgan fingerprint density at radius 1 is 1.21 bits per heavy atom. The minimum Gasteiger partial charge on any atom is -0.382 e. The Balaban J connectivity index is 2.25. The number of ether oxygens (including phenoxy) is 1. The highest BCUT2D eigenvalue weighted by molar-refractivity contribution is 8.00. The lowest BCUT2D eigenvalue weighted by atomic mass is 10.2. The van der Waals surface area contributed by atoms with E-state index in [0.717, 1.165) is 31.7 Å². The van der Waals surface area contributed by atoms with Gasteiger partial charge in [-0.25, -0.2) is 0 Å². The van der Waals surface area contributed by atoms with E-state index in [2.05, 4.69) is 5.32 Å². The van der Waals surface area contributed by atoms with Crippen LogP contribution in [0.3, 0.4) is 0 Å². The molecule has 0 aliphatic heterocycles. The minimum atomic E-state index is -4.22. The molecule has 0 aromatic heterocycles. The number of alkyl halides is 3. The van der Waals surface area contributed by atoms with E-state index < -0.39 is 5.51 Å². The zero-order valence-corrected chi connectivity index (χ0v) is 11.6. The number of hydrogen-bond donors (Lipinski definition) is 1. The molecule has 6 heteroatoms. The number of hydrogen-bond acceptors (Lipinski definition) is 3. The third-order valence-electron chi connectivity index (χ3n) is 2.33. The van der Waals surface area contributed by atoms with Gasteiger partial charge in [0.15, 0.2) is 0 Å². The molecule has 1 rings (SSSR count). The van der Waals surface area contributed by atoms with Crippen LogP contribution in [0.5, 0.6) is 0 Å². The predicted molar refractivity (Wildman–Crippen MR) is 71.2 cm³/mol. The van der Waals surface area contributed by atoms with E-state index in [1.54, 1.807) is 12.1 Å². The zero-order chi connectivity index (χ0) is 14.1. The second-order valence-corrected chi connectivity index (χ2v) is 5.06. The molecule has 0 aliphatic carbocycles. The lowest BCUT2D eigenvalue weighted by Crippen LogP contribution is -2.16. The first-order chi connectivity index (χ1) is 9.01. The molecule has 108 valence electrons. The molecular weight excluding hydrogens is 275 g/mol. The molecule has 0 amide bonds. The molecule has 0 unspecified atom stereocenters. The van der Waals surface area contributed by atoms with Crippen molar-refractivity contribution < 1.29 is 17.9 Å². The van der Waals surface area contributed by atoms with Crippen molar-refractivity contribution in [3.05, 3.63) is 29.8 Å². The van der Waals surface area contributed by atoms with Crippen molar-refractivity contribution in [2.24, 2.45) is 0 Å². The number of thioether (sulfide) groups is 1. The molecule has 1 aromatic rings. The standard InChI is InChI=1S/C13H18F3NOS/c1-2-18-9-3-8-17-10-11-4-6-12(7-5-11)19-13(14,15)16/h4-7,17H,2-3,8-10H2,1H3. The maximum Gasteiger partial charge on any atom is 0.446 e.